The van der Waals surface area contributed by atoms with Crippen LogP contribution in [-0.2, 0) is 6.61 Å². The van der Waals surface area contributed by atoms with Crippen LogP contribution in [0.15, 0.2) is 36.4 Å². The molecule has 2 aromatic carbocycles. The first kappa shape index (κ1) is 12.7. The van der Waals surface area contributed by atoms with Crippen LogP contribution in [0, 0.1) is 12.7 Å². The van der Waals surface area contributed by atoms with E-state index in [1.165, 1.54) is 12.1 Å². The van der Waals surface area contributed by atoms with E-state index in [2.05, 4.69) is 0 Å². The minimum Gasteiger partial charge on any atom is -0.488 e. The third-order valence-corrected chi connectivity index (χ3v) is 2.96. The summed E-state index contributed by atoms with van der Waals surface area (Å²) in [6.45, 7) is 2.14. The maximum Gasteiger partial charge on any atom is 0.126 e. The number of halogens is 2. The minimum atomic E-state index is -0.320. The van der Waals surface area contributed by atoms with Gasteiger partial charge in [0.05, 0.1) is 0 Å². The van der Waals surface area contributed by atoms with E-state index in [0.29, 0.717) is 16.5 Å². The van der Waals surface area contributed by atoms with Crippen molar-refractivity contribution in [1.29, 1.82) is 0 Å². The van der Waals surface area contributed by atoms with Crippen molar-refractivity contribution in [2.75, 3.05) is 5.73 Å². The average Bonchev–Trinajstić information content (AvgIpc) is 2.32. The number of aryl methyl sites for hydroxylation is 1. The maximum absolute atomic E-state index is 13.1. The summed E-state index contributed by atoms with van der Waals surface area (Å²) in [5.74, 6) is 0.196. The van der Waals surface area contributed by atoms with Crippen LogP contribution in [0.3, 0.4) is 0 Å². The van der Waals surface area contributed by atoms with Gasteiger partial charge in [-0.25, -0.2) is 4.39 Å². The molecule has 2 N–H and O–H groups in total. The first-order valence-electron chi connectivity index (χ1n) is 5.49. The number of hydrogen-bond donors (Lipinski definition) is 1. The van der Waals surface area contributed by atoms with Crippen molar-refractivity contribution in [2.45, 2.75) is 13.5 Å². The smallest absolute Gasteiger partial charge is 0.126 e. The molecule has 0 atom stereocenters. The zero-order valence-corrected chi connectivity index (χ0v) is 10.7. The first-order valence-corrected chi connectivity index (χ1v) is 5.87. The van der Waals surface area contributed by atoms with Crippen LogP contribution in [0.25, 0.3) is 0 Å². The molecular formula is C14H13ClFNO. The summed E-state index contributed by atoms with van der Waals surface area (Å²) in [7, 11) is 0. The zero-order valence-electron chi connectivity index (χ0n) is 9.91. The molecule has 0 aliphatic heterocycles. The van der Waals surface area contributed by atoms with Crippen LogP contribution >= 0.6 is 11.6 Å². The zero-order chi connectivity index (χ0) is 13.1. The van der Waals surface area contributed by atoms with E-state index in [1.54, 1.807) is 24.3 Å². The Bertz CT molecular complexity index is 572. The van der Waals surface area contributed by atoms with E-state index in [-0.39, 0.29) is 12.4 Å². The van der Waals surface area contributed by atoms with Gasteiger partial charge in [-0.3, -0.25) is 0 Å². The van der Waals surface area contributed by atoms with Crippen molar-refractivity contribution in [3.8, 4) is 5.75 Å². The second-order valence-corrected chi connectivity index (χ2v) is 4.46. The number of ether oxygens (including phenoxy) is 1. The van der Waals surface area contributed by atoms with Crippen molar-refractivity contribution in [3.05, 3.63) is 58.4 Å². The average molecular weight is 266 g/mol. The predicted octanol–water partition coefficient (Wildman–Crippen LogP) is 3.95. The van der Waals surface area contributed by atoms with Gasteiger partial charge in [-0.05, 0) is 30.7 Å². The molecule has 0 radical (unpaired) electrons. The van der Waals surface area contributed by atoms with E-state index in [9.17, 15) is 4.39 Å². The normalized spacial score (nSPS) is 10.4. The van der Waals surface area contributed by atoms with Gasteiger partial charge in [-0.1, -0.05) is 23.7 Å². The third kappa shape index (κ3) is 2.93. The largest absolute Gasteiger partial charge is 0.488 e. The van der Waals surface area contributed by atoms with Gasteiger partial charge >= 0.3 is 0 Å². The van der Waals surface area contributed by atoms with Crippen molar-refractivity contribution >= 4 is 17.3 Å². The Labute approximate surface area is 110 Å². The van der Waals surface area contributed by atoms with Crippen LogP contribution in [-0.4, -0.2) is 0 Å². The molecule has 94 valence electrons. The monoisotopic (exact) mass is 265 g/mol. The van der Waals surface area contributed by atoms with Crippen molar-refractivity contribution in [3.63, 3.8) is 0 Å². The van der Waals surface area contributed by atoms with Crippen molar-refractivity contribution in [1.82, 2.24) is 0 Å². The van der Waals surface area contributed by atoms with Crippen LogP contribution in [0.2, 0.25) is 5.02 Å². The third-order valence-electron chi connectivity index (χ3n) is 2.61. The van der Waals surface area contributed by atoms with Gasteiger partial charge in [0.1, 0.15) is 18.2 Å². The summed E-state index contributed by atoms with van der Waals surface area (Å²) in [5, 5.41) is 0.545. The molecule has 0 aromatic heterocycles. The van der Waals surface area contributed by atoms with Crippen molar-refractivity contribution in [2.24, 2.45) is 0 Å². The lowest BCUT2D eigenvalue weighted by atomic mass is 10.2. The minimum absolute atomic E-state index is 0.281. The van der Waals surface area contributed by atoms with Gasteiger partial charge in [-0.15, -0.1) is 0 Å². The van der Waals surface area contributed by atoms with Gasteiger partial charge in [0.15, 0.2) is 0 Å². The molecule has 0 heterocycles. The molecule has 2 aromatic rings. The molecular weight excluding hydrogens is 253 g/mol. The Morgan fingerprint density at radius 1 is 1.22 bits per heavy atom. The lowest BCUT2D eigenvalue weighted by Gasteiger charge is -2.10. The molecule has 0 amide bonds. The van der Waals surface area contributed by atoms with Crippen LogP contribution in [0.5, 0.6) is 5.75 Å². The fourth-order valence-electron chi connectivity index (χ4n) is 1.57. The molecule has 0 bridgehead atoms. The molecule has 0 fully saturated rings. The molecule has 2 nitrogen and oxygen atoms in total. The van der Waals surface area contributed by atoms with Gasteiger partial charge in [0, 0.05) is 22.3 Å². The number of anilines is 1. The predicted molar refractivity (Wildman–Crippen MR) is 71.3 cm³/mol. The quantitative estimate of drug-likeness (QED) is 0.853. The molecule has 18 heavy (non-hydrogen) atoms. The second kappa shape index (κ2) is 5.27. The summed E-state index contributed by atoms with van der Waals surface area (Å²) < 4.78 is 18.6. The highest BCUT2D eigenvalue weighted by molar-refractivity contribution is 6.31. The first-order chi connectivity index (χ1) is 8.56. The Kier molecular flexibility index (Phi) is 3.72. The highest BCUT2D eigenvalue weighted by Crippen LogP contribution is 2.23. The van der Waals surface area contributed by atoms with E-state index < -0.39 is 0 Å². The van der Waals surface area contributed by atoms with Gasteiger partial charge < -0.3 is 10.5 Å². The number of hydrogen-bond acceptors (Lipinski definition) is 2. The number of nitrogen functional groups attached to an aromatic ring is 1. The lowest BCUT2D eigenvalue weighted by Crippen LogP contribution is -1.99. The summed E-state index contributed by atoms with van der Waals surface area (Å²) in [4.78, 5) is 0. The van der Waals surface area contributed by atoms with Crippen LogP contribution in [0.4, 0.5) is 10.1 Å². The maximum atomic E-state index is 13.1. The van der Waals surface area contributed by atoms with Gasteiger partial charge in [-0.2, -0.15) is 0 Å². The Hall–Kier alpha value is -1.74. The van der Waals surface area contributed by atoms with E-state index in [0.717, 1.165) is 11.1 Å². The van der Waals surface area contributed by atoms with Gasteiger partial charge in [0.25, 0.3) is 0 Å². The Morgan fingerprint density at radius 3 is 2.72 bits per heavy atom. The number of nitrogens with two attached hydrogens (primary N) is 1. The lowest BCUT2D eigenvalue weighted by molar-refractivity contribution is 0.302. The van der Waals surface area contributed by atoms with Crippen LogP contribution in [0.1, 0.15) is 11.1 Å². The second-order valence-electron chi connectivity index (χ2n) is 4.05. The molecule has 0 saturated heterocycles. The molecule has 2 rings (SSSR count). The van der Waals surface area contributed by atoms with E-state index in [1.807, 2.05) is 6.92 Å². The summed E-state index contributed by atoms with van der Waals surface area (Å²) >= 11 is 6.03. The number of rotatable bonds is 3. The molecule has 0 aliphatic carbocycles. The fourth-order valence-corrected chi connectivity index (χ4v) is 1.81. The van der Waals surface area contributed by atoms with E-state index >= 15 is 0 Å². The van der Waals surface area contributed by atoms with Gasteiger partial charge in [0.2, 0.25) is 0 Å². The number of benzene rings is 2. The summed E-state index contributed by atoms with van der Waals surface area (Å²) in [6, 6.07) is 9.65. The molecule has 4 heteroatoms. The summed E-state index contributed by atoms with van der Waals surface area (Å²) in [6.07, 6.45) is 0. The molecule has 0 aliphatic rings. The Balaban J connectivity index is 2.13. The SMILES string of the molecule is Cc1ccc(F)cc1OCc1ccc(N)cc1Cl. The molecule has 0 spiro atoms. The van der Waals surface area contributed by atoms with Crippen molar-refractivity contribution < 1.29 is 9.13 Å². The highest BCUT2D eigenvalue weighted by Gasteiger charge is 2.05. The fraction of sp³-hybridized carbons (Fsp3) is 0.143. The van der Waals surface area contributed by atoms with Crippen LogP contribution < -0.4 is 10.5 Å². The molecule has 0 saturated carbocycles. The highest BCUT2D eigenvalue weighted by atomic mass is 35.5. The standard InChI is InChI=1S/C14H13ClFNO/c1-9-2-4-11(16)6-14(9)18-8-10-3-5-12(17)7-13(10)15/h2-7H,8,17H2,1H3. The summed E-state index contributed by atoms with van der Waals surface area (Å²) in [5.41, 5.74) is 7.90. The topological polar surface area (TPSA) is 35.2 Å². The molecule has 0 unspecified atom stereocenters. The van der Waals surface area contributed by atoms with E-state index in [4.69, 9.17) is 22.1 Å². The Morgan fingerprint density at radius 2 is 2.00 bits per heavy atom.